The molecule has 1 aliphatic carbocycles. The summed E-state index contributed by atoms with van der Waals surface area (Å²) in [6.07, 6.45) is 11.4. The van der Waals surface area contributed by atoms with Crippen molar-refractivity contribution >= 4 is 17.7 Å². The third-order valence-electron chi connectivity index (χ3n) is 4.26. The summed E-state index contributed by atoms with van der Waals surface area (Å²) in [6, 6.07) is 0.483. The zero-order valence-electron chi connectivity index (χ0n) is 11.7. The Balaban J connectivity index is 1.58. The minimum Gasteiger partial charge on any atom is -0.338 e. The van der Waals surface area contributed by atoms with E-state index in [2.05, 4.69) is 26.6 Å². The Morgan fingerprint density at radius 1 is 1.35 bits per heavy atom. The molecule has 108 valence electrons. The quantitative estimate of drug-likeness (QED) is 0.857. The van der Waals surface area contributed by atoms with Gasteiger partial charge in [0.2, 0.25) is 5.91 Å². The number of thioether (sulfide) groups is 1. The van der Waals surface area contributed by atoms with E-state index in [0.717, 1.165) is 18.0 Å². The van der Waals surface area contributed by atoms with Crippen LogP contribution in [0.2, 0.25) is 0 Å². The molecule has 20 heavy (non-hydrogen) atoms. The molecule has 1 saturated heterocycles. The fraction of sp³-hybridized carbons (Fsp3) is 0.667. The minimum absolute atomic E-state index is 0.299. The Morgan fingerprint density at radius 3 is 3.10 bits per heavy atom. The number of aromatic nitrogens is 2. The van der Waals surface area contributed by atoms with Crippen LogP contribution in [-0.2, 0) is 11.2 Å². The molecule has 0 N–H and O–H groups in total. The van der Waals surface area contributed by atoms with Crippen LogP contribution < -0.4 is 0 Å². The van der Waals surface area contributed by atoms with Crippen molar-refractivity contribution in [3.63, 3.8) is 0 Å². The molecule has 1 aromatic heterocycles. The molecule has 0 radical (unpaired) electrons. The number of rotatable bonds is 3. The Hall–Kier alpha value is -1.10. The van der Waals surface area contributed by atoms with Gasteiger partial charge in [0.15, 0.2) is 0 Å². The van der Waals surface area contributed by atoms with Crippen LogP contribution in [0.5, 0.6) is 0 Å². The molecule has 2 fully saturated rings. The molecule has 1 aliphatic heterocycles. The Labute approximate surface area is 124 Å². The second-order valence-corrected chi connectivity index (χ2v) is 6.89. The lowest BCUT2D eigenvalue weighted by Crippen LogP contribution is -2.51. The van der Waals surface area contributed by atoms with E-state index in [4.69, 9.17) is 0 Å². The second kappa shape index (κ2) is 6.57. The topological polar surface area (TPSA) is 46.1 Å². The number of nitrogens with zero attached hydrogens (tertiary/aromatic N) is 3. The molecule has 5 heteroatoms. The van der Waals surface area contributed by atoms with Crippen LogP contribution in [0.15, 0.2) is 18.6 Å². The fourth-order valence-electron chi connectivity index (χ4n) is 3.24. The summed E-state index contributed by atoms with van der Waals surface area (Å²) in [7, 11) is 0. The van der Waals surface area contributed by atoms with Gasteiger partial charge in [-0.3, -0.25) is 14.8 Å². The average molecular weight is 291 g/mol. The molecule has 0 bridgehead atoms. The van der Waals surface area contributed by atoms with Crippen LogP contribution in [0, 0.1) is 0 Å². The maximum atomic E-state index is 12.5. The van der Waals surface area contributed by atoms with Gasteiger partial charge in [-0.15, -0.1) is 0 Å². The number of aryl methyl sites for hydroxylation is 1. The van der Waals surface area contributed by atoms with Crippen molar-refractivity contribution in [3.05, 3.63) is 24.3 Å². The van der Waals surface area contributed by atoms with Gasteiger partial charge in [0.25, 0.3) is 0 Å². The van der Waals surface area contributed by atoms with Crippen LogP contribution >= 0.6 is 11.8 Å². The molecule has 4 nitrogen and oxygen atoms in total. The number of fused-ring (bicyclic) bond motifs is 1. The summed E-state index contributed by atoms with van der Waals surface area (Å²) in [5.74, 6) is 1.39. The van der Waals surface area contributed by atoms with Gasteiger partial charge in [-0.1, -0.05) is 12.8 Å². The van der Waals surface area contributed by atoms with E-state index < -0.39 is 0 Å². The van der Waals surface area contributed by atoms with E-state index >= 15 is 0 Å². The van der Waals surface area contributed by atoms with Crippen molar-refractivity contribution in [1.82, 2.24) is 14.9 Å². The van der Waals surface area contributed by atoms with Gasteiger partial charge in [-0.05, 0) is 19.3 Å². The highest BCUT2D eigenvalue weighted by molar-refractivity contribution is 8.00. The van der Waals surface area contributed by atoms with Crippen molar-refractivity contribution in [1.29, 1.82) is 0 Å². The van der Waals surface area contributed by atoms with Gasteiger partial charge in [0.1, 0.15) is 0 Å². The summed E-state index contributed by atoms with van der Waals surface area (Å²) < 4.78 is 0. The van der Waals surface area contributed by atoms with E-state index in [9.17, 15) is 4.79 Å². The zero-order chi connectivity index (χ0) is 13.8. The Kier molecular flexibility index (Phi) is 4.55. The lowest BCUT2D eigenvalue weighted by molar-refractivity contribution is -0.134. The minimum atomic E-state index is 0.299. The Bertz CT molecular complexity index is 452. The monoisotopic (exact) mass is 291 g/mol. The van der Waals surface area contributed by atoms with Gasteiger partial charge < -0.3 is 4.90 Å². The smallest absolute Gasteiger partial charge is 0.223 e. The number of amides is 1. The van der Waals surface area contributed by atoms with E-state index in [0.29, 0.717) is 30.0 Å². The average Bonchev–Trinajstić information content (AvgIpc) is 2.53. The van der Waals surface area contributed by atoms with Crippen LogP contribution in [0.3, 0.4) is 0 Å². The zero-order valence-corrected chi connectivity index (χ0v) is 12.5. The first-order valence-corrected chi connectivity index (χ1v) is 8.55. The highest BCUT2D eigenvalue weighted by Crippen LogP contribution is 2.35. The van der Waals surface area contributed by atoms with E-state index in [1.807, 2.05) is 0 Å². The number of hydrogen-bond donors (Lipinski definition) is 0. The maximum absolute atomic E-state index is 12.5. The highest BCUT2D eigenvalue weighted by Gasteiger charge is 2.35. The van der Waals surface area contributed by atoms with E-state index in [1.54, 1.807) is 18.6 Å². The largest absolute Gasteiger partial charge is 0.338 e. The third-order valence-corrected chi connectivity index (χ3v) is 5.66. The summed E-state index contributed by atoms with van der Waals surface area (Å²) in [5.41, 5.74) is 0.910. The highest BCUT2D eigenvalue weighted by atomic mass is 32.2. The predicted octanol–water partition coefficient (Wildman–Crippen LogP) is 2.30. The van der Waals surface area contributed by atoms with Gasteiger partial charge in [0.05, 0.1) is 5.69 Å². The SMILES string of the molecule is O=C(CCc1cnccn1)N1CCS[C@@H]2CCCC[C@H]21. The third kappa shape index (κ3) is 3.14. The molecule has 2 heterocycles. The van der Waals surface area contributed by atoms with Crippen LogP contribution in [-0.4, -0.2) is 44.4 Å². The van der Waals surface area contributed by atoms with Gasteiger partial charge in [0, 0.05) is 48.6 Å². The molecule has 2 atom stereocenters. The van der Waals surface area contributed by atoms with Gasteiger partial charge in [-0.2, -0.15) is 11.8 Å². The second-order valence-electron chi connectivity index (χ2n) is 5.54. The lowest BCUT2D eigenvalue weighted by Gasteiger charge is -2.43. The first kappa shape index (κ1) is 13.9. The molecule has 3 rings (SSSR count). The summed E-state index contributed by atoms with van der Waals surface area (Å²) in [4.78, 5) is 22.9. The first-order chi connectivity index (χ1) is 9.84. The number of hydrogen-bond acceptors (Lipinski definition) is 4. The number of carbonyl (C=O) groups excluding carboxylic acids is 1. The van der Waals surface area contributed by atoms with Crippen molar-refractivity contribution in [3.8, 4) is 0 Å². The molecule has 1 amide bonds. The van der Waals surface area contributed by atoms with Crippen molar-refractivity contribution in [2.45, 2.75) is 49.8 Å². The normalized spacial score (nSPS) is 26.1. The van der Waals surface area contributed by atoms with Gasteiger partial charge in [-0.25, -0.2) is 0 Å². The standard InChI is InChI=1S/C15H21N3OS/c19-15(6-5-12-11-16-7-8-17-12)18-9-10-20-14-4-2-1-3-13(14)18/h7-8,11,13-14H,1-6,9-10H2/t13-,14-/m1/s1. The van der Waals surface area contributed by atoms with Crippen molar-refractivity contribution < 1.29 is 4.79 Å². The van der Waals surface area contributed by atoms with Crippen LogP contribution in [0.25, 0.3) is 0 Å². The fourth-order valence-corrected chi connectivity index (χ4v) is 4.69. The molecular weight excluding hydrogens is 270 g/mol. The lowest BCUT2D eigenvalue weighted by atomic mass is 9.93. The number of carbonyl (C=O) groups is 1. The summed E-state index contributed by atoms with van der Waals surface area (Å²) in [5, 5.41) is 0.679. The maximum Gasteiger partial charge on any atom is 0.223 e. The molecule has 1 saturated carbocycles. The van der Waals surface area contributed by atoms with Crippen molar-refractivity contribution in [2.75, 3.05) is 12.3 Å². The van der Waals surface area contributed by atoms with Gasteiger partial charge >= 0.3 is 0 Å². The summed E-state index contributed by atoms with van der Waals surface area (Å²) in [6.45, 7) is 0.922. The molecular formula is C15H21N3OS. The Morgan fingerprint density at radius 2 is 2.25 bits per heavy atom. The molecule has 2 aliphatic rings. The summed E-state index contributed by atoms with van der Waals surface area (Å²) >= 11 is 2.07. The van der Waals surface area contributed by atoms with Crippen LogP contribution in [0.4, 0.5) is 0 Å². The molecule has 0 aromatic carbocycles. The predicted molar refractivity (Wildman–Crippen MR) is 80.6 cm³/mol. The molecule has 0 spiro atoms. The van der Waals surface area contributed by atoms with Crippen molar-refractivity contribution in [2.24, 2.45) is 0 Å². The van der Waals surface area contributed by atoms with E-state index in [1.165, 1.54) is 25.7 Å². The molecule has 0 unspecified atom stereocenters. The van der Waals surface area contributed by atoms with E-state index in [-0.39, 0.29) is 0 Å². The van der Waals surface area contributed by atoms with Crippen LogP contribution in [0.1, 0.15) is 37.8 Å². The molecule has 1 aromatic rings. The first-order valence-electron chi connectivity index (χ1n) is 7.50.